The van der Waals surface area contributed by atoms with Crippen molar-refractivity contribution >= 4 is 58.3 Å². The van der Waals surface area contributed by atoms with Gasteiger partial charge in [0, 0.05) is 11.6 Å². The van der Waals surface area contributed by atoms with E-state index in [9.17, 15) is 20.0 Å². The van der Waals surface area contributed by atoms with Gasteiger partial charge in [-0.15, -0.1) is 0 Å². The van der Waals surface area contributed by atoms with E-state index in [0.29, 0.717) is 0 Å². The molecule has 0 bridgehead atoms. The second-order valence-electron chi connectivity index (χ2n) is 4.83. The predicted molar refractivity (Wildman–Crippen MR) is 100 cm³/mol. The number of rotatable bonds is 5. The number of carbonyl (C=O) groups excluding carboxylic acids is 1. The van der Waals surface area contributed by atoms with E-state index in [0.717, 1.165) is 18.3 Å². The average Bonchev–Trinajstić information content (AvgIpc) is 2.63. The predicted octanol–water partition coefficient (Wildman–Crippen LogP) is 3.01. The van der Waals surface area contributed by atoms with Crippen LogP contribution in [-0.4, -0.2) is 34.2 Å². The zero-order valence-electron chi connectivity index (χ0n) is 13.4. The van der Waals surface area contributed by atoms with E-state index >= 15 is 0 Å². The number of nitrogen functional groups attached to an aromatic ring is 1. The summed E-state index contributed by atoms with van der Waals surface area (Å²) in [7, 11) is 1.23. The van der Waals surface area contributed by atoms with E-state index in [-0.39, 0.29) is 43.6 Å². The molecule has 0 saturated heterocycles. The largest absolute Gasteiger partial charge is 0.504 e. The number of nitro groups is 1. The Balaban J connectivity index is 2.29. The first-order valence-corrected chi connectivity index (χ1v) is 7.99. The molecule has 0 aliphatic carbocycles. The van der Waals surface area contributed by atoms with Gasteiger partial charge in [0.2, 0.25) is 0 Å². The smallest absolute Gasteiger partial charge is 0.291 e. The van der Waals surface area contributed by atoms with Crippen LogP contribution < -0.4 is 15.9 Å². The summed E-state index contributed by atoms with van der Waals surface area (Å²) < 4.78 is 4.85. The van der Waals surface area contributed by atoms with Crippen molar-refractivity contribution in [3.05, 3.63) is 48.7 Å². The number of hydrogen-bond acceptors (Lipinski definition) is 8. The van der Waals surface area contributed by atoms with Gasteiger partial charge >= 0.3 is 0 Å². The number of ether oxygens (including phenoxy) is 1. The highest BCUT2D eigenvalue weighted by molar-refractivity contribution is 6.46. The van der Waals surface area contributed by atoms with Crippen molar-refractivity contribution in [3.63, 3.8) is 0 Å². The highest BCUT2D eigenvalue weighted by atomic mass is 35.5. The van der Waals surface area contributed by atoms with Gasteiger partial charge in [-0.05, 0) is 0 Å². The number of phenolic OH excluding ortho intramolecular Hbond substituents is 1. The van der Waals surface area contributed by atoms with Crippen LogP contribution in [0.25, 0.3) is 0 Å². The minimum absolute atomic E-state index is 0.0749. The number of aromatic nitrogens is 1. The fourth-order valence-electron chi connectivity index (χ4n) is 1.87. The van der Waals surface area contributed by atoms with Crippen LogP contribution in [0.5, 0.6) is 11.5 Å². The Labute approximate surface area is 166 Å². The molecule has 10 nitrogen and oxygen atoms in total. The number of nitrogens with zero attached hydrogens (tertiary/aromatic N) is 3. The van der Waals surface area contributed by atoms with Crippen LogP contribution in [0.2, 0.25) is 15.2 Å². The number of nitrogens with one attached hydrogen (secondary N) is 1. The highest BCUT2D eigenvalue weighted by Crippen LogP contribution is 2.35. The molecule has 142 valence electrons. The Hall–Kier alpha value is -2.82. The van der Waals surface area contributed by atoms with Gasteiger partial charge in [0.05, 0.1) is 35.0 Å². The molecule has 0 unspecified atom stereocenters. The van der Waals surface area contributed by atoms with Crippen LogP contribution >= 0.6 is 34.8 Å². The molecule has 0 aliphatic rings. The lowest BCUT2D eigenvalue weighted by atomic mass is 10.2. The van der Waals surface area contributed by atoms with E-state index in [1.165, 1.54) is 7.11 Å². The Morgan fingerprint density at radius 2 is 2.07 bits per heavy atom. The fraction of sp³-hybridized carbons (Fsp3) is 0.0714. The topological polar surface area (TPSA) is 153 Å². The molecule has 27 heavy (non-hydrogen) atoms. The van der Waals surface area contributed by atoms with E-state index in [1.54, 1.807) is 0 Å². The molecule has 0 radical (unpaired) electrons. The summed E-state index contributed by atoms with van der Waals surface area (Å²) in [6.07, 6.45) is 0.970. The SMILES string of the molecule is COc1cc([N+](=O)[O-])cc(/C=N/NC(=O)c2nc(Cl)c(Cl)c(N)c2Cl)c1O. The first-order chi connectivity index (χ1) is 12.7. The molecule has 1 heterocycles. The number of nitro benzene ring substituents is 1. The van der Waals surface area contributed by atoms with Crippen molar-refractivity contribution in [2.24, 2.45) is 5.10 Å². The quantitative estimate of drug-likeness (QED) is 0.283. The third-order valence-corrected chi connectivity index (χ3v) is 4.31. The highest BCUT2D eigenvalue weighted by Gasteiger charge is 2.20. The van der Waals surface area contributed by atoms with Gasteiger partial charge < -0.3 is 15.6 Å². The number of anilines is 1. The van der Waals surface area contributed by atoms with Gasteiger partial charge in [-0.25, -0.2) is 10.4 Å². The molecule has 0 atom stereocenters. The number of non-ortho nitro benzene ring substituents is 1. The number of amides is 1. The summed E-state index contributed by atoms with van der Waals surface area (Å²) in [6, 6.07) is 2.07. The molecule has 4 N–H and O–H groups in total. The standard InChI is InChI=1S/C14H10Cl3N5O5/c1-27-7-3-6(22(25)26)2-5(12(7)23)4-19-21-14(24)11-8(15)10(18)9(16)13(17)20-11/h2-4,23H,1H3,(H2,18,20)(H,21,24)/b19-4+. The first kappa shape index (κ1) is 20.5. The third kappa shape index (κ3) is 4.30. The summed E-state index contributed by atoms with van der Waals surface area (Å²) in [5, 5.41) is 24.0. The van der Waals surface area contributed by atoms with Crippen molar-refractivity contribution in [3.8, 4) is 11.5 Å². The van der Waals surface area contributed by atoms with Crippen LogP contribution in [-0.2, 0) is 0 Å². The second kappa shape index (κ2) is 8.25. The summed E-state index contributed by atoms with van der Waals surface area (Å²) in [5.41, 5.74) is 6.81. The molecule has 0 saturated carbocycles. The molecule has 1 amide bonds. The summed E-state index contributed by atoms with van der Waals surface area (Å²) in [5.74, 6) is -1.42. The maximum absolute atomic E-state index is 12.1. The number of benzene rings is 1. The number of pyridine rings is 1. The third-order valence-electron chi connectivity index (χ3n) is 3.18. The minimum Gasteiger partial charge on any atom is -0.504 e. The number of hydrazone groups is 1. The van der Waals surface area contributed by atoms with Crippen molar-refractivity contribution in [2.75, 3.05) is 12.8 Å². The Morgan fingerprint density at radius 1 is 1.41 bits per heavy atom. The fourth-order valence-corrected chi connectivity index (χ4v) is 2.46. The van der Waals surface area contributed by atoms with E-state index in [1.807, 2.05) is 0 Å². The molecule has 1 aromatic carbocycles. The molecule has 2 aromatic rings. The normalized spacial score (nSPS) is 10.8. The molecule has 0 aliphatic heterocycles. The second-order valence-corrected chi connectivity index (χ2v) is 5.95. The van der Waals surface area contributed by atoms with Crippen LogP contribution in [0.15, 0.2) is 17.2 Å². The number of phenols is 1. The number of halogens is 3. The van der Waals surface area contributed by atoms with Gasteiger partial charge in [0.1, 0.15) is 5.02 Å². The van der Waals surface area contributed by atoms with Gasteiger partial charge in [-0.3, -0.25) is 14.9 Å². The van der Waals surface area contributed by atoms with Crippen LogP contribution in [0.4, 0.5) is 11.4 Å². The average molecular weight is 435 g/mol. The summed E-state index contributed by atoms with van der Waals surface area (Å²) >= 11 is 17.4. The lowest BCUT2D eigenvalue weighted by molar-refractivity contribution is -0.385. The van der Waals surface area contributed by atoms with Crippen LogP contribution in [0.3, 0.4) is 0 Å². The monoisotopic (exact) mass is 433 g/mol. The Morgan fingerprint density at radius 3 is 2.67 bits per heavy atom. The summed E-state index contributed by atoms with van der Waals surface area (Å²) in [6.45, 7) is 0. The van der Waals surface area contributed by atoms with Crippen molar-refractivity contribution in [1.29, 1.82) is 0 Å². The number of nitrogens with two attached hydrogens (primary N) is 1. The van der Waals surface area contributed by atoms with E-state index in [2.05, 4.69) is 15.5 Å². The van der Waals surface area contributed by atoms with E-state index in [4.69, 9.17) is 45.3 Å². The van der Waals surface area contributed by atoms with Gasteiger partial charge in [0.25, 0.3) is 11.6 Å². The summed E-state index contributed by atoms with van der Waals surface area (Å²) in [4.78, 5) is 26.1. The molecular formula is C14H10Cl3N5O5. The van der Waals surface area contributed by atoms with Crippen LogP contribution in [0, 0.1) is 10.1 Å². The van der Waals surface area contributed by atoms with Gasteiger partial charge in [0.15, 0.2) is 22.3 Å². The van der Waals surface area contributed by atoms with Crippen LogP contribution in [0.1, 0.15) is 16.1 Å². The number of methoxy groups -OCH3 is 1. The lowest BCUT2D eigenvalue weighted by Crippen LogP contribution is -2.20. The molecule has 0 spiro atoms. The van der Waals surface area contributed by atoms with Crippen molar-refractivity contribution in [2.45, 2.75) is 0 Å². The number of hydrogen-bond donors (Lipinski definition) is 3. The van der Waals surface area contributed by atoms with Gasteiger partial charge in [-0.1, -0.05) is 34.8 Å². The zero-order valence-corrected chi connectivity index (χ0v) is 15.6. The molecular weight excluding hydrogens is 425 g/mol. The number of aromatic hydroxyl groups is 1. The Bertz CT molecular complexity index is 967. The van der Waals surface area contributed by atoms with Crippen molar-refractivity contribution < 1.29 is 19.6 Å². The maximum atomic E-state index is 12.1. The maximum Gasteiger partial charge on any atom is 0.291 e. The number of carbonyl (C=O) groups is 1. The minimum atomic E-state index is -0.876. The van der Waals surface area contributed by atoms with Gasteiger partial charge in [-0.2, -0.15) is 5.10 Å². The molecule has 13 heteroatoms. The molecule has 1 aromatic heterocycles. The first-order valence-electron chi connectivity index (χ1n) is 6.86. The zero-order chi connectivity index (χ0) is 20.3. The lowest BCUT2D eigenvalue weighted by Gasteiger charge is -2.08. The van der Waals surface area contributed by atoms with E-state index < -0.39 is 16.6 Å². The Kier molecular flexibility index (Phi) is 6.26. The molecule has 2 rings (SSSR count). The molecule has 0 fully saturated rings. The van der Waals surface area contributed by atoms with Crippen molar-refractivity contribution in [1.82, 2.24) is 10.4 Å².